The van der Waals surface area contributed by atoms with Crippen LogP contribution in [0.1, 0.15) is 18.1 Å². The average Bonchev–Trinajstić information content (AvgIpc) is 2.69. The van der Waals surface area contributed by atoms with Crippen molar-refractivity contribution in [2.75, 3.05) is 25.6 Å². The molecular weight excluding hydrogens is 382 g/mol. The molecule has 0 fully saturated rings. The molecule has 2 aromatic rings. The van der Waals surface area contributed by atoms with Gasteiger partial charge in [-0.2, -0.15) is 0 Å². The number of nitrogens with one attached hydrogen (secondary N) is 1. The van der Waals surface area contributed by atoms with Crippen LogP contribution in [0.3, 0.4) is 0 Å². The molecular formula is C21H22ClNO5. The fraction of sp³-hybridized carbons (Fsp3) is 0.238. The Morgan fingerprint density at radius 2 is 1.96 bits per heavy atom. The van der Waals surface area contributed by atoms with Crippen LogP contribution in [0, 0.1) is 6.92 Å². The molecule has 0 atom stereocenters. The molecule has 1 amide bonds. The first-order chi connectivity index (χ1) is 13.4. The van der Waals surface area contributed by atoms with E-state index < -0.39 is 18.5 Å². The van der Waals surface area contributed by atoms with Crippen molar-refractivity contribution in [1.82, 2.24) is 0 Å². The predicted molar refractivity (Wildman–Crippen MR) is 109 cm³/mol. The van der Waals surface area contributed by atoms with Crippen LogP contribution < -0.4 is 14.8 Å². The lowest BCUT2D eigenvalue weighted by Gasteiger charge is -2.10. The van der Waals surface area contributed by atoms with Crippen molar-refractivity contribution >= 4 is 35.2 Å². The van der Waals surface area contributed by atoms with Gasteiger partial charge in [0.1, 0.15) is 0 Å². The normalized spacial score (nSPS) is 10.6. The van der Waals surface area contributed by atoms with Gasteiger partial charge < -0.3 is 19.5 Å². The second-order valence-corrected chi connectivity index (χ2v) is 6.15. The van der Waals surface area contributed by atoms with Gasteiger partial charge in [0, 0.05) is 16.8 Å². The molecule has 0 radical (unpaired) electrons. The lowest BCUT2D eigenvalue weighted by molar-refractivity contribution is -0.142. The third-order valence-corrected chi connectivity index (χ3v) is 4.20. The topological polar surface area (TPSA) is 73.9 Å². The van der Waals surface area contributed by atoms with E-state index in [1.807, 2.05) is 6.92 Å². The molecule has 2 rings (SSSR count). The van der Waals surface area contributed by atoms with Crippen molar-refractivity contribution in [3.05, 3.63) is 58.6 Å². The number of benzene rings is 2. The average molecular weight is 404 g/mol. The first kappa shape index (κ1) is 21.3. The van der Waals surface area contributed by atoms with Crippen LogP contribution in [0.4, 0.5) is 5.69 Å². The molecule has 28 heavy (non-hydrogen) atoms. The number of anilines is 1. The maximum atomic E-state index is 12.0. The monoisotopic (exact) mass is 403 g/mol. The molecule has 148 valence electrons. The first-order valence-corrected chi connectivity index (χ1v) is 9.03. The Balaban J connectivity index is 1.89. The highest BCUT2D eigenvalue weighted by atomic mass is 35.5. The number of methoxy groups -OCH3 is 1. The van der Waals surface area contributed by atoms with Gasteiger partial charge >= 0.3 is 5.97 Å². The van der Waals surface area contributed by atoms with Crippen molar-refractivity contribution in [3.63, 3.8) is 0 Å². The molecule has 7 heteroatoms. The summed E-state index contributed by atoms with van der Waals surface area (Å²) in [5.41, 5.74) is 2.05. The van der Waals surface area contributed by atoms with Crippen LogP contribution >= 0.6 is 11.6 Å². The fourth-order valence-corrected chi connectivity index (χ4v) is 2.52. The number of hydrogen-bond acceptors (Lipinski definition) is 5. The summed E-state index contributed by atoms with van der Waals surface area (Å²) in [6.07, 6.45) is 2.81. The zero-order valence-corrected chi connectivity index (χ0v) is 16.7. The SMILES string of the molecule is CCOc1ccc(/C=C/C(=O)OCC(=O)Nc2cccc(Cl)c2C)cc1OC. The van der Waals surface area contributed by atoms with Gasteiger partial charge in [0.25, 0.3) is 5.91 Å². The van der Waals surface area contributed by atoms with Crippen molar-refractivity contribution < 1.29 is 23.8 Å². The van der Waals surface area contributed by atoms with E-state index in [0.717, 1.165) is 11.1 Å². The van der Waals surface area contributed by atoms with E-state index in [9.17, 15) is 9.59 Å². The maximum absolute atomic E-state index is 12.0. The van der Waals surface area contributed by atoms with Crippen molar-refractivity contribution in [2.24, 2.45) is 0 Å². The summed E-state index contributed by atoms with van der Waals surface area (Å²) in [5, 5.41) is 3.20. The molecule has 0 saturated heterocycles. The van der Waals surface area contributed by atoms with Crippen LogP contribution in [0.15, 0.2) is 42.5 Å². The fourth-order valence-electron chi connectivity index (χ4n) is 2.34. The molecule has 0 saturated carbocycles. The number of carbonyl (C=O) groups excluding carboxylic acids is 2. The largest absolute Gasteiger partial charge is 0.493 e. The molecule has 0 aliphatic rings. The highest BCUT2D eigenvalue weighted by Crippen LogP contribution is 2.28. The van der Waals surface area contributed by atoms with Gasteiger partial charge in [-0.15, -0.1) is 0 Å². The van der Waals surface area contributed by atoms with E-state index in [0.29, 0.717) is 28.8 Å². The standard InChI is InChI=1S/C21H22ClNO5/c1-4-27-18-10-8-15(12-19(18)26-3)9-11-21(25)28-13-20(24)23-17-7-5-6-16(22)14(17)2/h5-12H,4,13H2,1-3H3,(H,23,24)/b11-9+. The lowest BCUT2D eigenvalue weighted by atomic mass is 10.2. The van der Waals surface area contributed by atoms with Gasteiger partial charge in [-0.05, 0) is 55.3 Å². The van der Waals surface area contributed by atoms with Crippen LogP contribution in [-0.2, 0) is 14.3 Å². The summed E-state index contributed by atoms with van der Waals surface area (Å²) >= 11 is 6.01. The molecule has 2 aromatic carbocycles. The Bertz CT molecular complexity index is 879. The van der Waals surface area contributed by atoms with E-state index in [1.165, 1.54) is 6.08 Å². The van der Waals surface area contributed by atoms with E-state index >= 15 is 0 Å². The van der Waals surface area contributed by atoms with Gasteiger partial charge in [0.05, 0.1) is 13.7 Å². The lowest BCUT2D eigenvalue weighted by Crippen LogP contribution is -2.20. The molecule has 6 nitrogen and oxygen atoms in total. The van der Waals surface area contributed by atoms with Gasteiger partial charge in [-0.25, -0.2) is 4.79 Å². The van der Waals surface area contributed by atoms with Crippen LogP contribution in [0.2, 0.25) is 5.02 Å². The number of esters is 1. The third kappa shape index (κ3) is 6.03. The number of ether oxygens (including phenoxy) is 3. The first-order valence-electron chi connectivity index (χ1n) is 8.65. The molecule has 0 aliphatic carbocycles. The zero-order chi connectivity index (χ0) is 20.5. The van der Waals surface area contributed by atoms with Crippen LogP contribution in [-0.4, -0.2) is 32.2 Å². The van der Waals surface area contributed by atoms with Gasteiger partial charge in [-0.3, -0.25) is 4.79 Å². The zero-order valence-electron chi connectivity index (χ0n) is 16.0. The van der Waals surface area contributed by atoms with E-state index in [2.05, 4.69) is 5.32 Å². The number of rotatable bonds is 8. The maximum Gasteiger partial charge on any atom is 0.331 e. The Morgan fingerprint density at radius 3 is 2.68 bits per heavy atom. The minimum absolute atomic E-state index is 0.401. The molecule has 0 unspecified atom stereocenters. The minimum atomic E-state index is -0.634. The summed E-state index contributed by atoms with van der Waals surface area (Å²) in [6.45, 7) is 3.79. The summed E-state index contributed by atoms with van der Waals surface area (Å²) in [6, 6.07) is 10.5. The summed E-state index contributed by atoms with van der Waals surface area (Å²) in [5.74, 6) is 0.104. The smallest absolute Gasteiger partial charge is 0.331 e. The van der Waals surface area contributed by atoms with Crippen LogP contribution in [0.5, 0.6) is 11.5 Å². The summed E-state index contributed by atoms with van der Waals surface area (Å²) in [4.78, 5) is 23.8. The van der Waals surface area contributed by atoms with Gasteiger partial charge in [-0.1, -0.05) is 23.7 Å². The van der Waals surface area contributed by atoms with E-state index in [-0.39, 0.29) is 0 Å². The van der Waals surface area contributed by atoms with Crippen molar-refractivity contribution in [1.29, 1.82) is 0 Å². The number of carbonyl (C=O) groups is 2. The number of halogens is 1. The van der Waals surface area contributed by atoms with Gasteiger partial charge in [0.2, 0.25) is 0 Å². The van der Waals surface area contributed by atoms with Crippen molar-refractivity contribution in [3.8, 4) is 11.5 Å². The highest BCUT2D eigenvalue weighted by Gasteiger charge is 2.09. The molecule has 0 aromatic heterocycles. The quantitative estimate of drug-likeness (QED) is 0.526. The highest BCUT2D eigenvalue weighted by molar-refractivity contribution is 6.31. The molecule has 1 N–H and O–H groups in total. The second kappa shape index (κ2) is 10.4. The molecule has 0 heterocycles. The van der Waals surface area contributed by atoms with Gasteiger partial charge in [0.15, 0.2) is 18.1 Å². The number of amides is 1. The molecule has 0 aliphatic heterocycles. The Hall–Kier alpha value is -2.99. The molecule has 0 bridgehead atoms. The van der Waals surface area contributed by atoms with Crippen molar-refractivity contribution in [2.45, 2.75) is 13.8 Å². The van der Waals surface area contributed by atoms with E-state index in [4.69, 9.17) is 25.8 Å². The second-order valence-electron chi connectivity index (χ2n) is 5.74. The Kier molecular flexibility index (Phi) is 7.89. The Labute approximate surface area is 169 Å². The minimum Gasteiger partial charge on any atom is -0.493 e. The summed E-state index contributed by atoms with van der Waals surface area (Å²) < 4.78 is 15.7. The molecule has 0 spiro atoms. The third-order valence-electron chi connectivity index (χ3n) is 3.79. The van der Waals surface area contributed by atoms with Crippen LogP contribution in [0.25, 0.3) is 6.08 Å². The summed E-state index contributed by atoms with van der Waals surface area (Å²) in [7, 11) is 1.54. The number of hydrogen-bond donors (Lipinski definition) is 1. The Morgan fingerprint density at radius 1 is 1.18 bits per heavy atom. The predicted octanol–water partition coefficient (Wildman–Crippen LogP) is 4.25. The van der Waals surface area contributed by atoms with E-state index in [1.54, 1.807) is 56.5 Å².